The van der Waals surface area contributed by atoms with E-state index in [1.807, 2.05) is 36.5 Å². The molecule has 0 N–H and O–H groups in total. The molecule has 0 spiro atoms. The van der Waals surface area contributed by atoms with Crippen molar-refractivity contribution < 1.29 is 0 Å². The van der Waals surface area contributed by atoms with E-state index >= 15 is 0 Å². The number of hydrogen-bond donors (Lipinski definition) is 0. The summed E-state index contributed by atoms with van der Waals surface area (Å²) in [6.45, 7) is 0. The Hall–Kier alpha value is -2.12. The maximum Gasteiger partial charge on any atom is 0.0702 e. The predicted molar refractivity (Wildman–Crippen MR) is 83.9 cm³/mol. The Kier molecular flexibility index (Phi) is 3.80. The predicted octanol–water partition coefficient (Wildman–Crippen LogP) is 4.99. The molecule has 0 atom stereocenters. The number of rotatable bonds is 3. The first-order chi connectivity index (χ1) is 9.81. The molecule has 1 nitrogen and oxygen atoms in total. The molecule has 20 heavy (non-hydrogen) atoms. The van der Waals surface area contributed by atoms with Crippen molar-refractivity contribution in [1.82, 2.24) is 4.98 Å². The second-order valence-corrected chi connectivity index (χ2v) is 5.16. The SMILES string of the molecule is Clc1ccc(-c2ccc(Cc3ccccc3)cn2)cc1. The quantitative estimate of drug-likeness (QED) is 0.658. The summed E-state index contributed by atoms with van der Waals surface area (Å²) in [6.07, 6.45) is 2.85. The lowest BCUT2D eigenvalue weighted by molar-refractivity contribution is 1.15. The van der Waals surface area contributed by atoms with Gasteiger partial charge in [0.05, 0.1) is 5.69 Å². The maximum absolute atomic E-state index is 5.89. The summed E-state index contributed by atoms with van der Waals surface area (Å²) >= 11 is 5.89. The Bertz CT molecular complexity index is 673. The van der Waals surface area contributed by atoms with E-state index in [9.17, 15) is 0 Å². The lowest BCUT2D eigenvalue weighted by atomic mass is 10.1. The number of halogens is 1. The first kappa shape index (κ1) is 12.9. The fourth-order valence-electron chi connectivity index (χ4n) is 2.15. The zero-order chi connectivity index (χ0) is 13.8. The maximum atomic E-state index is 5.89. The van der Waals surface area contributed by atoms with Gasteiger partial charge in [-0.25, -0.2) is 0 Å². The Labute approximate surface area is 123 Å². The van der Waals surface area contributed by atoms with Crippen LogP contribution in [0.5, 0.6) is 0 Å². The highest BCUT2D eigenvalue weighted by Crippen LogP contribution is 2.20. The molecule has 0 saturated carbocycles. The average molecular weight is 280 g/mol. The number of aromatic nitrogens is 1. The van der Waals surface area contributed by atoms with Crippen molar-refractivity contribution in [3.05, 3.63) is 89.1 Å². The van der Waals surface area contributed by atoms with E-state index in [1.165, 1.54) is 11.1 Å². The Morgan fingerprint density at radius 2 is 1.50 bits per heavy atom. The normalized spacial score (nSPS) is 10.4. The van der Waals surface area contributed by atoms with Gasteiger partial charge in [-0.1, -0.05) is 60.1 Å². The molecule has 0 aliphatic heterocycles. The molecule has 1 aromatic heterocycles. The third kappa shape index (κ3) is 3.06. The lowest BCUT2D eigenvalue weighted by Gasteiger charge is -2.04. The van der Waals surface area contributed by atoms with Crippen molar-refractivity contribution in [3.63, 3.8) is 0 Å². The minimum Gasteiger partial charge on any atom is -0.256 e. The highest BCUT2D eigenvalue weighted by atomic mass is 35.5. The van der Waals surface area contributed by atoms with E-state index < -0.39 is 0 Å². The molecule has 2 heteroatoms. The van der Waals surface area contributed by atoms with Gasteiger partial charge in [0.1, 0.15) is 0 Å². The standard InChI is InChI=1S/C18H14ClN/c19-17-9-7-16(8-10-17)18-11-6-15(13-20-18)12-14-4-2-1-3-5-14/h1-11,13H,12H2. The Balaban J connectivity index is 1.79. The summed E-state index contributed by atoms with van der Waals surface area (Å²) in [6, 6.07) is 22.3. The molecule has 2 aromatic carbocycles. The van der Waals surface area contributed by atoms with Crippen molar-refractivity contribution in [2.24, 2.45) is 0 Å². The summed E-state index contributed by atoms with van der Waals surface area (Å²) in [5, 5.41) is 0.745. The Morgan fingerprint density at radius 1 is 0.750 bits per heavy atom. The van der Waals surface area contributed by atoms with Gasteiger partial charge in [0.15, 0.2) is 0 Å². The molecule has 0 unspecified atom stereocenters. The van der Waals surface area contributed by atoms with Crippen LogP contribution in [-0.4, -0.2) is 4.98 Å². The summed E-state index contributed by atoms with van der Waals surface area (Å²) < 4.78 is 0. The van der Waals surface area contributed by atoms with Crippen LogP contribution in [0.25, 0.3) is 11.3 Å². The van der Waals surface area contributed by atoms with Crippen LogP contribution in [0.15, 0.2) is 72.9 Å². The molecular formula is C18H14ClN. The van der Waals surface area contributed by atoms with Crippen LogP contribution in [-0.2, 0) is 6.42 Å². The molecular weight excluding hydrogens is 266 g/mol. The summed E-state index contributed by atoms with van der Waals surface area (Å²) in [4.78, 5) is 4.53. The highest BCUT2D eigenvalue weighted by Gasteiger charge is 2.01. The van der Waals surface area contributed by atoms with Gasteiger partial charge in [0, 0.05) is 16.8 Å². The molecule has 0 amide bonds. The van der Waals surface area contributed by atoms with Gasteiger partial charge in [-0.15, -0.1) is 0 Å². The number of hydrogen-bond acceptors (Lipinski definition) is 1. The minimum absolute atomic E-state index is 0.745. The monoisotopic (exact) mass is 279 g/mol. The van der Waals surface area contributed by atoms with Crippen LogP contribution in [0.4, 0.5) is 0 Å². The van der Waals surface area contributed by atoms with E-state index in [0.717, 1.165) is 22.7 Å². The van der Waals surface area contributed by atoms with Crippen molar-refractivity contribution in [1.29, 1.82) is 0 Å². The Morgan fingerprint density at radius 3 is 2.15 bits per heavy atom. The van der Waals surface area contributed by atoms with Crippen LogP contribution in [0, 0.1) is 0 Å². The van der Waals surface area contributed by atoms with Crippen LogP contribution in [0.3, 0.4) is 0 Å². The zero-order valence-electron chi connectivity index (χ0n) is 11.0. The first-order valence-corrected chi connectivity index (χ1v) is 6.94. The molecule has 3 rings (SSSR count). The zero-order valence-corrected chi connectivity index (χ0v) is 11.7. The molecule has 0 aliphatic carbocycles. The van der Waals surface area contributed by atoms with Gasteiger partial charge in [-0.05, 0) is 35.7 Å². The molecule has 0 saturated heterocycles. The van der Waals surface area contributed by atoms with Gasteiger partial charge >= 0.3 is 0 Å². The van der Waals surface area contributed by atoms with Crippen molar-refractivity contribution >= 4 is 11.6 Å². The number of benzene rings is 2. The van der Waals surface area contributed by atoms with E-state index in [-0.39, 0.29) is 0 Å². The number of pyridine rings is 1. The minimum atomic E-state index is 0.745. The first-order valence-electron chi connectivity index (χ1n) is 6.56. The van der Waals surface area contributed by atoms with Gasteiger partial charge in [-0.2, -0.15) is 0 Å². The van der Waals surface area contributed by atoms with E-state index in [4.69, 9.17) is 11.6 Å². The topological polar surface area (TPSA) is 12.9 Å². The second kappa shape index (κ2) is 5.89. The molecule has 0 bridgehead atoms. The van der Waals surface area contributed by atoms with Crippen LogP contribution >= 0.6 is 11.6 Å². The summed E-state index contributed by atoms with van der Waals surface area (Å²) in [7, 11) is 0. The molecule has 1 heterocycles. The summed E-state index contributed by atoms with van der Waals surface area (Å²) in [5.41, 5.74) is 4.57. The van der Waals surface area contributed by atoms with Crippen molar-refractivity contribution in [3.8, 4) is 11.3 Å². The molecule has 98 valence electrons. The molecule has 0 aliphatic rings. The molecule has 0 fully saturated rings. The third-order valence-electron chi connectivity index (χ3n) is 3.22. The molecule has 3 aromatic rings. The van der Waals surface area contributed by atoms with Gasteiger partial charge < -0.3 is 0 Å². The number of nitrogens with zero attached hydrogens (tertiary/aromatic N) is 1. The molecule has 0 radical (unpaired) electrons. The largest absolute Gasteiger partial charge is 0.256 e. The van der Waals surface area contributed by atoms with Crippen LogP contribution < -0.4 is 0 Å². The van der Waals surface area contributed by atoms with Crippen LogP contribution in [0.2, 0.25) is 5.02 Å². The van der Waals surface area contributed by atoms with Gasteiger partial charge in [0.25, 0.3) is 0 Å². The van der Waals surface area contributed by atoms with Crippen LogP contribution in [0.1, 0.15) is 11.1 Å². The smallest absolute Gasteiger partial charge is 0.0702 e. The van der Waals surface area contributed by atoms with Crippen molar-refractivity contribution in [2.45, 2.75) is 6.42 Å². The van der Waals surface area contributed by atoms with Crippen molar-refractivity contribution in [2.75, 3.05) is 0 Å². The van der Waals surface area contributed by atoms with Gasteiger partial charge in [0.2, 0.25) is 0 Å². The lowest BCUT2D eigenvalue weighted by Crippen LogP contribution is -1.90. The van der Waals surface area contributed by atoms with E-state index in [0.29, 0.717) is 0 Å². The van der Waals surface area contributed by atoms with E-state index in [1.54, 1.807) is 0 Å². The highest BCUT2D eigenvalue weighted by molar-refractivity contribution is 6.30. The van der Waals surface area contributed by atoms with Gasteiger partial charge in [-0.3, -0.25) is 4.98 Å². The fraction of sp³-hybridized carbons (Fsp3) is 0.0556. The second-order valence-electron chi connectivity index (χ2n) is 4.72. The fourth-order valence-corrected chi connectivity index (χ4v) is 2.28. The third-order valence-corrected chi connectivity index (χ3v) is 3.47. The average Bonchev–Trinajstić information content (AvgIpc) is 2.50. The van der Waals surface area contributed by atoms with E-state index in [2.05, 4.69) is 41.4 Å². The summed E-state index contributed by atoms with van der Waals surface area (Å²) in [5.74, 6) is 0.